The van der Waals surface area contributed by atoms with Crippen LogP contribution in [0.5, 0.6) is 0 Å². The summed E-state index contributed by atoms with van der Waals surface area (Å²) in [5, 5.41) is 0.638. The SMILES string of the molecule is O=C(c1ccc([C@@H]2SCC(=O)N2Cc2ccc(Cl)cc2)cc1)N1CCOCC1. The molecule has 1 atom stereocenters. The number of halogens is 1. The minimum Gasteiger partial charge on any atom is -0.378 e. The lowest BCUT2D eigenvalue weighted by Crippen LogP contribution is -2.40. The Kier molecular flexibility index (Phi) is 5.90. The molecule has 5 nitrogen and oxygen atoms in total. The molecule has 2 fully saturated rings. The van der Waals surface area contributed by atoms with Gasteiger partial charge in [0, 0.05) is 30.2 Å². The van der Waals surface area contributed by atoms with Crippen LogP contribution in [0, 0.1) is 0 Å². The zero-order valence-electron chi connectivity index (χ0n) is 15.3. The van der Waals surface area contributed by atoms with Gasteiger partial charge in [-0.25, -0.2) is 0 Å². The lowest BCUT2D eigenvalue weighted by atomic mass is 10.1. The van der Waals surface area contributed by atoms with Gasteiger partial charge in [0.05, 0.1) is 19.0 Å². The highest BCUT2D eigenvalue weighted by molar-refractivity contribution is 8.00. The second kappa shape index (κ2) is 8.55. The molecule has 0 saturated carbocycles. The third-order valence-electron chi connectivity index (χ3n) is 4.98. The molecule has 0 N–H and O–H groups in total. The van der Waals surface area contributed by atoms with Gasteiger partial charge < -0.3 is 14.5 Å². The Labute approximate surface area is 173 Å². The molecule has 0 radical (unpaired) electrons. The topological polar surface area (TPSA) is 49.9 Å². The largest absolute Gasteiger partial charge is 0.378 e. The van der Waals surface area contributed by atoms with Crippen LogP contribution in [0.3, 0.4) is 0 Å². The van der Waals surface area contributed by atoms with Crippen molar-refractivity contribution in [1.82, 2.24) is 9.80 Å². The summed E-state index contributed by atoms with van der Waals surface area (Å²) in [5.74, 6) is 0.619. The van der Waals surface area contributed by atoms with Crippen molar-refractivity contribution < 1.29 is 14.3 Å². The van der Waals surface area contributed by atoms with Gasteiger partial charge in [0.15, 0.2) is 0 Å². The quantitative estimate of drug-likeness (QED) is 0.764. The first-order valence-electron chi connectivity index (χ1n) is 9.24. The molecule has 0 aromatic heterocycles. The van der Waals surface area contributed by atoms with Crippen molar-refractivity contribution in [3.05, 3.63) is 70.2 Å². The summed E-state index contributed by atoms with van der Waals surface area (Å²) < 4.78 is 5.31. The van der Waals surface area contributed by atoms with Gasteiger partial charge in [-0.1, -0.05) is 35.9 Å². The Morgan fingerprint density at radius 2 is 1.75 bits per heavy atom. The normalized spacial score (nSPS) is 19.9. The van der Waals surface area contributed by atoms with Gasteiger partial charge in [-0.05, 0) is 35.4 Å². The van der Waals surface area contributed by atoms with Crippen LogP contribution in [0.25, 0.3) is 0 Å². The fraction of sp³-hybridized carbons (Fsp3) is 0.333. The number of benzene rings is 2. The molecule has 0 unspecified atom stereocenters. The maximum Gasteiger partial charge on any atom is 0.254 e. The first-order chi connectivity index (χ1) is 13.6. The number of morpholine rings is 1. The van der Waals surface area contributed by atoms with Gasteiger partial charge in [0.1, 0.15) is 5.37 Å². The van der Waals surface area contributed by atoms with Gasteiger partial charge >= 0.3 is 0 Å². The number of carbonyl (C=O) groups is 2. The fourth-order valence-electron chi connectivity index (χ4n) is 3.43. The van der Waals surface area contributed by atoms with E-state index >= 15 is 0 Å². The maximum atomic E-state index is 12.6. The molecule has 2 aromatic carbocycles. The lowest BCUT2D eigenvalue weighted by molar-refractivity contribution is -0.128. The first kappa shape index (κ1) is 19.3. The highest BCUT2D eigenvalue weighted by Gasteiger charge is 2.33. The standard InChI is InChI=1S/C21H21ClN2O3S/c22-18-7-1-15(2-8-18)13-24-19(25)14-28-21(24)17-5-3-16(4-6-17)20(26)23-9-11-27-12-10-23/h1-8,21H,9-14H2/t21-/m0/s1. The molecule has 7 heteroatoms. The van der Waals surface area contributed by atoms with E-state index in [0.717, 1.165) is 11.1 Å². The molecule has 2 amide bonds. The Balaban J connectivity index is 1.48. The van der Waals surface area contributed by atoms with Crippen LogP contribution >= 0.6 is 23.4 Å². The smallest absolute Gasteiger partial charge is 0.254 e. The number of amides is 2. The van der Waals surface area contributed by atoms with Crippen molar-refractivity contribution in [3.63, 3.8) is 0 Å². The summed E-state index contributed by atoms with van der Waals surface area (Å²) in [4.78, 5) is 28.7. The molecular weight excluding hydrogens is 396 g/mol. The fourth-order valence-corrected chi connectivity index (χ4v) is 4.74. The highest BCUT2D eigenvalue weighted by Crippen LogP contribution is 2.39. The first-order valence-corrected chi connectivity index (χ1v) is 10.7. The van der Waals surface area contributed by atoms with E-state index in [1.54, 1.807) is 11.8 Å². The van der Waals surface area contributed by atoms with E-state index < -0.39 is 0 Å². The van der Waals surface area contributed by atoms with E-state index in [9.17, 15) is 9.59 Å². The number of rotatable bonds is 4. The van der Waals surface area contributed by atoms with Crippen molar-refractivity contribution >= 4 is 35.2 Å². The molecule has 0 aliphatic carbocycles. The van der Waals surface area contributed by atoms with Gasteiger partial charge in [-0.15, -0.1) is 11.8 Å². The maximum absolute atomic E-state index is 12.6. The van der Waals surface area contributed by atoms with Gasteiger partial charge in [-0.2, -0.15) is 0 Å². The molecule has 2 aliphatic rings. The molecular formula is C21H21ClN2O3S. The second-order valence-electron chi connectivity index (χ2n) is 6.84. The van der Waals surface area contributed by atoms with Crippen LogP contribution in [0.2, 0.25) is 5.02 Å². The van der Waals surface area contributed by atoms with Crippen molar-refractivity contribution in [3.8, 4) is 0 Å². The van der Waals surface area contributed by atoms with Crippen LogP contribution < -0.4 is 0 Å². The Bertz CT molecular complexity index is 851. The third kappa shape index (κ3) is 4.19. The van der Waals surface area contributed by atoms with Crippen molar-refractivity contribution in [2.75, 3.05) is 32.1 Å². The van der Waals surface area contributed by atoms with E-state index in [0.29, 0.717) is 49.2 Å². The minimum atomic E-state index is -0.0456. The van der Waals surface area contributed by atoms with Crippen LogP contribution in [0.15, 0.2) is 48.5 Å². The molecule has 2 saturated heterocycles. The molecule has 2 heterocycles. The number of nitrogens with zero attached hydrogens (tertiary/aromatic N) is 2. The molecule has 0 bridgehead atoms. The molecule has 0 spiro atoms. The van der Waals surface area contributed by atoms with E-state index in [-0.39, 0.29) is 17.2 Å². The second-order valence-corrected chi connectivity index (χ2v) is 8.34. The molecule has 146 valence electrons. The zero-order chi connectivity index (χ0) is 19.5. The van der Waals surface area contributed by atoms with E-state index in [2.05, 4.69) is 0 Å². The summed E-state index contributed by atoms with van der Waals surface area (Å²) in [6, 6.07) is 15.2. The summed E-state index contributed by atoms with van der Waals surface area (Å²) >= 11 is 7.57. The van der Waals surface area contributed by atoms with Gasteiger partial charge in [0.25, 0.3) is 5.91 Å². The van der Waals surface area contributed by atoms with Crippen LogP contribution in [0.1, 0.15) is 26.9 Å². The number of hydrogen-bond acceptors (Lipinski definition) is 4. The zero-order valence-corrected chi connectivity index (χ0v) is 16.9. The third-order valence-corrected chi connectivity index (χ3v) is 6.48. The van der Waals surface area contributed by atoms with Crippen LogP contribution in [0.4, 0.5) is 0 Å². The number of carbonyl (C=O) groups excluding carboxylic acids is 2. The number of hydrogen-bond donors (Lipinski definition) is 0. The monoisotopic (exact) mass is 416 g/mol. The lowest BCUT2D eigenvalue weighted by Gasteiger charge is -2.27. The minimum absolute atomic E-state index is 0.0306. The average molecular weight is 417 g/mol. The summed E-state index contributed by atoms with van der Waals surface area (Å²) in [6.45, 7) is 2.97. The Morgan fingerprint density at radius 3 is 2.43 bits per heavy atom. The Morgan fingerprint density at radius 1 is 1.07 bits per heavy atom. The van der Waals surface area contributed by atoms with Crippen LogP contribution in [-0.4, -0.2) is 53.7 Å². The van der Waals surface area contributed by atoms with Crippen molar-refractivity contribution in [2.24, 2.45) is 0 Å². The summed E-state index contributed by atoms with van der Waals surface area (Å²) in [6.07, 6.45) is 0. The van der Waals surface area contributed by atoms with Crippen molar-refractivity contribution in [1.29, 1.82) is 0 Å². The van der Waals surface area contributed by atoms with Crippen LogP contribution in [-0.2, 0) is 16.1 Å². The summed E-state index contributed by atoms with van der Waals surface area (Å²) in [5.41, 5.74) is 2.75. The average Bonchev–Trinajstić information content (AvgIpc) is 3.10. The molecule has 2 aromatic rings. The molecule has 4 rings (SSSR count). The predicted molar refractivity (Wildman–Crippen MR) is 110 cm³/mol. The molecule has 28 heavy (non-hydrogen) atoms. The molecule has 2 aliphatic heterocycles. The van der Waals surface area contributed by atoms with Gasteiger partial charge in [-0.3, -0.25) is 9.59 Å². The van der Waals surface area contributed by atoms with E-state index in [1.165, 1.54) is 0 Å². The summed E-state index contributed by atoms with van der Waals surface area (Å²) in [7, 11) is 0. The van der Waals surface area contributed by atoms with E-state index in [1.807, 2.05) is 58.3 Å². The van der Waals surface area contributed by atoms with E-state index in [4.69, 9.17) is 16.3 Å². The number of ether oxygens (including phenoxy) is 1. The highest BCUT2D eigenvalue weighted by atomic mass is 35.5. The Hall–Kier alpha value is -2.02. The predicted octanol–water partition coefficient (Wildman–Crippen LogP) is 3.59. The number of thioether (sulfide) groups is 1. The van der Waals surface area contributed by atoms with Crippen molar-refractivity contribution in [2.45, 2.75) is 11.9 Å². The van der Waals surface area contributed by atoms with Gasteiger partial charge in [0.2, 0.25) is 5.91 Å².